The van der Waals surface area contributed by atoms with E-state index in [4.69, 9.17) is 4.74 Å². The fraction of sp³-hybridized carbons (Fsp3) is 0.222. The van der Waals surface area contributed by atoms with Crippen molar-refractivity contribution in [3.63, 3.8) is 0 Å². The summed E-state index contributed by atoms with van der Waals surface area (Å²) in [6.07, 6.45) is 1.13. The van der Waals surface area contributed by atoms with Gasteiger partial charge in [0.05, 0.1) is 35.3 Å². The van der Waals surface area contributed by atoms with Crippen LogP contribution < -0.4 is 14.5 Å². The summed E-state index contributed by atoms with van der Waals surface area (Å²) < 4.78 is 30.8. The number of benzene rings is 2. The van der Waals surface area contributed by atoms with Crippen molar-refractivity contribution in [1.29, 1.82) is 0 Å². The Balaban J connectivity index is 2.15. The topological polar surface area (TPSA) is 131 Å². The summed E-state index contributed by atoms with van der Waals surface area (Å²) in [7, 11) is -2.25. The Labute approximate surface area is 168 Å². The number of rotatable bonds is 9. The average Bonchev–Trinajstić information content (AvgIpc) is 2.72. The number of anilines is 1. The molecule has 29 heavy (non-hydrogen) atoms. The van der Waals surface area contributed by atoms with Crippen LogP contribution in [-0.4, -0.2) is 44.9 Å². The molecule has 2 aromatic carbocycles. The Morgan fingerprint density at radius 2 is 1.90 bits per heavy atom. The van der Waals surface area contributed by atoms with Crippen molar-refractivity contribution < 1.29 is 22.9 Å². The largest absolute Gasteiger partial charge is 0.497 e. The van der Waals surface area contributed by atoms with E-state index in [1.54, 1.807) is 18.2 Å². The maximum absolute atomic E-state index is 12.4. The van der Waals surface area contributed by atoms with Gasteiger partial charge >= 0.3 is 0 Å². The number of sulfonamides is 1. The van der Waals surface area contributed by atoms with E-state index in [2.05, 4.69) is 10.5 Å². The van der Waals surface area contributed by atoms with E-state index >= 15 is 0 Å². The van der Waals surface area contributed by atoms with E-state index in [0.29, 0.717) is 11.4 Å². The van der Waals surface area contributed by atoms with Crippen molar-refractivity contribution in [3.8, 4) is 5.75 Å². The third kappa shape index (κ3) is 5.75. The van der Waals surface area contributed by atoms with Gasteiger partial charge in [0.2, 0.25) is 10.0 Å². The van der Waals surface area contributed by atoms with Gasteiger partial charge in [0.1, 0.15) is 12.3 Å². The number of nitrogens with one attached hydrogen (secondary N) is 1. The predicted octanol–water partition coefficient (Wildman–Crippen LogP) is 1.91. The standard InChI is InChI=1S/C18H20N4O6S/c1-3-29(26,27)21(15-8-10-16(28-2)11-9-15)13-18(23)20-19-12-14-6-4-5-7-17(14)22(24)25/h4-12H,3,13H2,1-2H3,(H,20,23)/b19-12-. The molecule has 2 rings (SSSR count). The number of hydrazone groups is 1. The number of nitrogens with zero attached hydrogens (tertiary/aromatic N) is 3. The zero-order valence-corrected chi connectivity index (χ0v) is 16.6. The van der Waals surface area contributed by atoms with E-state index < -0.39 is 27.4 Å². The molecule has 11 heteroatoms. The summed E-state index contributed by atoms with van der Waals surface area (Å²) >= 11 is 0. The second kappa shape index (κ2) is 9.64. The number of nitro benzene ring substituents is 1. The number of nitro groups is 1. The normalized spacial score (nSPS) is 11.2. The molecule has 2 aromatic rings. The second-order valence-corrected chi connectivity index (χ2v) is 7.90. The van der Waals surface area contributed by atoms with Crippen LogP contribution in [0.5, 0.6) is 5.75 Å². The number of methoxy groups -OCH3 is 1. The molecule has 0 spiro atoms. The molecule has 0 aliphatic carbocycles. The van der Waals surface area contributed by atoms with E-state index in [0.717, 1.165) is 10.5 Å². The highest BCUT2D eigenvalue weighted by Gasteiger charge is 2.23. The number of ether oxygens (including phenoxy) is 1. The number of amides is 1. The van der Waals surface area contributed by atoms with E-state index in [-0.39, 0.29) is 17.0 Å². The van der Waals surface area contributed by atoms with Gasteiger partial charge < -0.3 is 4.74 Å². The maximum Gasteiger partial charge on any atom is 0.278 e. The highest BCUT2D eigenvalue weighted by atomic mass is 32.2. The van der Waals surface area contributed by atoms with Gasteiger partial charge in [-0.1, -0.05) is 12.1 Å². The van der Waals surface area contributed by atoms with Gasteiger partial charge in [-0.2, -0.15) is 5.10 Å². The molecular formula is C18H20N4O6S. The molecule has 1 amide bonds. The van der Waals surface area contributed by atoms with Gasteiger partial charge in [0.15, 0.2) is 0 Å². The van der Waals surface area contributed by atoms with Crippen LogP contribution in [0.2, 0.25) is 0 Å². The van der Waals surface area contributed by atoms with Crippen LogP contribution in [0.3, 0.4) is 0 Å². The summed E-state index contributed by atoms with van der Waals surface area (Å²) in [4.78, 5) is 22.6. The molecule has 0 unspecified atom stereocenters. The molecule has 0 fully saturated rings. The fourth-order valence-electron chi connectivity index (χ4n) is 2.36. The van der Waals surface area contributed by atoms with Gasteiger partial charge in [0, 0.05) is 6.07 Å². The first-order valence-electron chi connectivity index (χ1n) is 8.48. The molecule has 154 valence electrons. The molecule has 0 aliphatic heterocycles. The first-order chi connectivity index (χ1) is 13.8. The van der Waals surface area contributed by atoms with Crippen molar-refractivity contribution in [2.75, 3.05) is 23.7 Å². The summed E-state index contributed by atoms with van der Waals surface area (Å²) in [6, 6.07) is 12.1. The minimum absolute atomic E-state index is 0.168. The molecule has 0 radical (unpaired) electrons. The molecule has 10 nitrogen and oxygen atoms in total. The Hall–Kier alpha value is -3.47. The summed E-state index contributed by atoms with van der Waals surface area (Å²) in [5.74, 6) is -0.361. The summed E-state index contributed by atoms with van der Waals surface area (Å²) in [6.45, 7) is 0.965. The number of para-hydroxylation sites is 1. The molecular weight excluding hydrogens is 400 g/mol. The van der Waals surface area contributed by atoms with Crippen LogP contribution in [0.15, 0.2) is 53.6 Å². The quantitative estimate of drug-likeness (QED) is 0.374. The molecule has 0 atom stereocenters. The minimum Gasteiger partial charge on any atom is -0.497 e. The monoisotopic (exact) mass is 420 g/mol. The van der Waals surface area contributed by atoms with Crippen LogP contribution in [0.25, 0.3) is 0 Å². The van der Waals surface area contributed by atoms with E-state index in [9.17, 15) is 23.3 Å². The molecule has 0 bridgehead atoms. The highest BCUT2D eigenvalue weighted by molar-refractivity contribution is 7.92. The highest BCUT2D eigenvalue weighted by Crippen LogP contribution is 2.22. The summed E-state index contributed by atoms with van der Waals surface area (Å²) in [5, 5.41) is 14.7. The molecule has 0 saturated heterocycles. The molecule has 1 N–H and O–H groups in total. The fourth-order valence-corrected chi connectivity index (χ4v) is 3.43. The smallest absolute Gasteiger partial charge is 0.278 e. The van der Waals surface area contributed by atoms with Gasteiger partial charge in [-0.25, -0.2) is 13.8 Å². The van der Waals surface area contributed by atoms with Crippen LogP contribution in [-0.2, 0) is 14.8 Å². The lowest BCUT2D eigenvalue weighted by atomic mass is 10.2. The van der Waals surface area contributed by atoms with Crippen molar-refractivity contribution in [1.82, 2.24) is 5.43 Å². The lowest BCUT2D eigenvalue weighted by Gasteiger charge is -2.23. The molecule has 0 heterocycles. The van der Waals surface area contributed by atoms with Crippen molar-refractivity contribution in [2.45, 2.75) is 6.92 Å². The zero-order chi connectivity index (χ0) is 21.4. The second-order valence-electron chi connectivity index (χ2n) is 5.71. The third-order valence-corrected chi connectivity index (χ3v) is 5.62. The predicted molar refractivity (Wildman–Crippen MR) is 109 cm³/mol. The first-order valence-corrected chi connectivity index (χ1v) is 10.1. The molecule has 0 aromatic heterocycles. The van der Waals surface area contributed by atoms with Crippen LogP contribution in [0.4, 0.5) is 11.4 Å². The average molecular weight is 420 g/mol. The van der Waals surface area contributed by atoms with Crippen molar-refractivity contribution in [3.05, 3.63) is 64.2 Å². The van der Waals surface area contributed by atoms with Crippen LogP contribution in [0, 0.1) is 10.1 Å². The van der Waals surface area contributed by atoms with Crippen LogP contribution in [0.1, 0.15) is 12.5 Å². The first kappa shape index (κ1) is 21.8. The SMILES string of the molecule is CCS(=O)(=O)N(CC(=O)N/N=C\c1ccccc1[N+](=O)[O-])c1ccc(OC)cc1. The minimum atomic E-state index is -3.73. The molecule has 0 saturated carbocycles. The Morgan fingerprint density at radius 1 is 1.24 bits per heavy atom. The van der Waals surface area contributed by atoms with Gasteiger partial charge in [-0.3, -0.25) is 19.2 Å². The number of hydrogen-bond acceptors (Lipinski definition) is 7. The number of hydrogen-bond donors (Lipinski definition) is 1. The Morgan fingerprint density at radius 3 is 2.48 bits per heavy atom. The lowest BCUT2D eigenvalue weighted by Crippen LogP contribution is -2.40. The number of carbonyl (C=O) groups is 1. The number of carbonyl (C=O) groups excluding carboxylic acids is 1. The zero-order valence-electron chi connectivity index (χ0n) is 15.8. The lowest BCUT2D eigenvalue weighted by molar-refractivity contribution is -0.385. The van der Waals surface area contributed by atoms with Gasteiger partial charge in [-0.15, -0.1) is 0 Å². The summed E-state index contributed by atoms with van der Waals surface area (Å²) in [5.41, 5.74) is 2.52. The van der Waals surface area contributed by atoms with Crippen LogP contribution >= 0.6 is 0 Å². The Bertz CT molecular complexity index is 1010. The Kier molecular flexibility index (Phi) is 7.26. The van der Waals surface area contributed by atoms with Crippen molar-refractivity contribution >= 4 is 33.5 Å². The van der Waals surface area contributed by atoms with E-state index in [1.165, 1.54) is 44.4 Å². The van der Waals surface area contributed by atoms with E-state index in [1.807, 2.05) is 0 Å². The third-order valence-electron chi connectivity index (χ3n) is 3.87. The molecule has 0 aliphatic rings. The van der Waals surface area contributed by atoms with Gasteiger partial charge in [-0.05, 0) is 37.3 Å². The maximum atomic E-state index is 12.4. The van der Waals surface area contributed by atoms with Crippen molar-refractivity contribution in [2.24, 2.45) is 5.10 Å². The van der Waals surface area contributed by atoms with Gasteiger partial charge in [0.25, 0.3) is 11.6 Å².